The van der Waals surface area contributed by atoms with E-state index in [4.69, 9.17) is 0 Å². The lowest BCUT2D eigenvalue weighted by molar-refractivity contribution is -0.389. The summed E-state index contributed by atoms with van der Waals surface area (Å²) in [4.78, 5) is 20.8. The minimum atomic E-state index is -0.513. The molecule has 2 rings (SSSR count). The molecule has 7 heteroatoms. The van der Waals surface area contributed by atoms with Gasteiger partial charge in [0.1, 0.15) is 5.82 Å². The van der Waals surface area contributed by atoms with Crippen molar-refractivity contribution in [3.05, 3.63) is 46.7 Å². The molecule has 7 nitrogen and oxygen atoms in total. The zero-order valence-corrected chi connectivity index (χ0v) is 9.67. The number of nitrogens with one attached hydrogen (secondary N) is 2. The number of anilines is 1. The van der Waals surface area contributed by atoms with Crippen LogP contribution in [0.2, 0.25) is 0 Å². The number of hydrogen-bond acceptors (Lipinski definition) is 5. The molecule has 2 heterocycles. The Morgan fingerprint density at radius 3 is 2.89 bits per heavy atom. The highest BCUT2D eigenvalue weighted by molar-refractivity contribution is 5.43. The molecule has 0 spiro atoms. The van der Waals surface area contributed by atoms with E-state index in [-0.39, 0.29) is 5.82 Å². The zero-order valence-electron chi connectivity index (χ0n) is 9.67. The Labute approximate surface area is 103 Å². The van der Waals surface area contributed by atoms with E-state index in [1.165, 1.54) is 12.3 Å². The fourth-order valence-electron chi connectivity index (χ4n) is 1.52. The van der Waals surface area contributed by atoms with Crippen molar-refractivity contribution in [3.8, 4) is 0 Å². The molecule has 0 fully saturated rings. The Bertz CT molecular complexity index is 495. The van der Waals surface area contributed by atoms with Gasteiger partial charge in [0.05, 0.1) is 5.69 Å². The molecule has 18 heavy (non-hydrogen) atoms. The number of aryl methyl sites for hydroxylation is 1. The average molecular weight is 247 g/mol. The van der Waals surface area contributed by atoms with E-state index >= 15 is 0 Å². The Morgan fingerprint density at radius 2 is 2.28 bits per heavy atom. The second-order valence-corrected chi connectivity index (χ2v) is 3.73. The molecule has 0 amide bonds. The predicted molar refractivity (Wildman–Crippen MR) is 66.3 cm³/mol. The van der Waals surface area contributed by atoms with Gasteiger partial charge in [-0.1, -0.05) is 0 Å². The summed E-state index contributed by atoms with van der Waals surface area (Å²) in [7, 11) is 0. The molecule has 0 aromatic carbocycles. The summed E-state index contributed by atoms with van der Waals surface area (Å²) >= 11 is 0. The molecule has 0 unspecified atom stereocenters. The fourth-order valence-corrected chi connectivity index (χ4v) is 1.52. The Morgan fingerprint density at radius 1 is 1.39 bits per heavy atom. The summed E-state index contributed by atoms with van der Waals surface area (Å²) in [6.45, 7) is 0.764. The maximum Gasteiger partial charge on any atom is 0.363 e. The molecule has 0 atom stereocenters. The summed E-state index contributed by atoms with van der Waals surface area (Å²) in [6, 6.07) is 3.03. The van der Waals surface area contributed by atoms with E-state index < -0.39 is 4.92 Å². The smallest absolute Gasteiger partial charge is 0.363 e. The number of imidazole rings is 1. The lowest BCUT2D eigenvalue weighted by Crippen LogP contribution is -2.04. The molecule has 94 valence electrons. The van der Waals surface area contributed by atoms with Gasteiger partial charge in [-0.2, -0.15) is 0 Å². The van der Waals surface area contributed by atoms with Crippen LogP contribution in [-0.4, -0.2) is 26.4 Å². The van der Waals surface area contributed by atoms with Crippen LogP contribution in [0, 0.1) is 10.1 Å². The number of rotatable bonds is 6. The van der Waals surface area contributed by atoms with Gasteiger partial charge in [-0.05, 0) is 22.4 Å². The number of pyridine rings is 1. The minimum absolute atomic E-state index is 0.142. The molecular formula is C11H13N5O2. The first-order valence-electron chi connectivity index (χ1n) is 5.58. The monoisotopic (exact) mass is 247 g/mol. The first kappa shape index (κ1) is 12.0. The number of aromatic nitrogens is 3. The SMILES string of the molecule is O=[N+]([O-])c1ccc(NCCCc2ncc[nH]2)cn1. The van der Waals surface area contributed by atoms with Crippen molar-refractivity contribution in [2.45, 2.75) is 12.8 Å². The lowest BCUT2D eigenvalue weighted by Gasteiger charge is -2.03. The fraction of sp³-hybridized carbons (Fsp3) is 0.273. The van der Waals surface area contributed by atoms with Gasteiger partial charge >= 0.3 is 5.82 Å². The Hall–Kier alpha value is -2.44. The van der Waals surface area contributed by atoms with Crippen LogP contribution in [0.1, 0.15) is 12.2 Å². The van der Waals surface area contributed by atoms with Crippen molar-refractivity contribution in [2.75, 3.05) is 11.9 Å². The van der Waals surface area contributed by atoms with Crippen LogP contribution in [0.3, 0.4) is 0 Å². The van der Waals surface area contributed by atoms with Gasteiger partial charge in [0.2, 0.25) is 0 Å². The highest BCUT2D eigenvalue weighted by atomic mass is 16.6. The van der Waals surface area contributed by atoms with Crippen LogP contribution in [0.4, 0.5) is 11.5 Å². The first-order valence-corrected chi connectivity index (χ1v) is 5.58. The van der Waals surface area contributed by atoms with E-state index in [1.54, 1.807) is 18.5 Å². The summed E-state index contributed by atoms with van der Waals surface area (Å²) < 4.78 is 0. The van der Waals surface area contributed by atoms with E-state index in [1.807, 2.05) is 0 Å². The molecular weight excluding hydrogens is 234 g/mol. The third kappa shape index (κ3) is 3.27. The van der Waals surface area contributed by atoms with Gasteiger partial charge in [0.15, 0.2) is 6.20 Å². The van der Waals surface area contributed by atoms with Gasteiger partial charge in [-0.25, -0.2) is 4.98 Å². The number of H-pyrrole nitrogens is 1. The minimum Gasteiger partial charge on any atom is -0.382 e. The quantitative estimate of drug-likeness (QED) is 0.460. The Kier molecular flexibility index (Phi) is 3.85. The number of hydrogen-bond donors (Lipinski definition) is 2. The predicted octanol–water partition coefficient (Wildman–Crippen LogP) is 1.76. The van der Waals surface area contributed by atoms with Crippen molar-refractivity contribution in [3.63, 3.8) is 0 Å². The maximum absolute atomic E-state index is 10.4. The highest BCUT2D eigenvalue weighted by Crippen LogP contribution is 2.11. The summed E-state index contributed by atoms with van der Waals surface area (Å²) in [5, 5.41) is 13.6. The number of aromatic amines is 1. The molecule has 2 aromatic rings. The van der Waals surface area contributed by atoms with Crippen LogP contribution in [0.15, 0.2) is 30.7 Å². The maximum atomic E-state index is 10.4. The van der Waals surface area contributed by atoms with Gasteiger partial charge in [-0.15, -0.1) is 0 Å². The molecule has 0 radical (unpaired) electrons. The van der Waals surface area contributed by atoms with Crippen LogP contribution in [-0.2, 0) is 6.42 Å². The van der Waals surface area contributed by atoms with Gasteiger partial charge in [0, 0.05) is 31.4 Å². The topological polar surface area (TPSA) is 96.7 Å². The number of nitrogens with zero attached hydrogens (tertiary/aromatic N) is 3. The van der Waals surface area contributed by atoms with Crippen molar-refractivity contribution < 1.29 is 4.92 Å². The van der Waals surface area contributed by atoms with Crippen molar-refractivity contribution in [1.29, 1.82) is 0 Å². The third-order valence-electron chi connectivity index (χ3n) is 2.41. The molecule has 0 bridgehead atoms. The van der Waals surface area contributed by atoms with E-state index in [0.717, 1.165) is 30.9 Å². The van der Waals surface area contributed by atoms with Crippen molar-refractivity contribution >= 4 is 11.5 Å². The Balaban J connectivity index is 1.75. The second kappa shape index (κ2) is 5.76. The average Bonchev–Trinajstić information content (AvgIpc) is 2.88. The highest BCUT2D eigenvalue weighted by Gasteiger charge is 2.05. The standard InChI is InChI=1S/C11H13N5O2/c17-16(18)11-4-3-9(8-15-11)12-5-1-2-10-13-6-7-14-10/h3-4,6-8,12H,1-2,5H2,(H,13,14). The van der Waals surface area contributed by atoms with E-state index in [2.05, 4.69) is 20.3 Å². The van der Waals surface area contributed by atoms with Gasteiger partial charge in [-0.3, -0.25) is 0 Å². The molecule has 0 saturated heterocycles. The largest absolute Gasteiger partial charge is 0.382 e. The van der Waals surface area contributed by atoms with Crippen LogP contribution < -0.4 is 5.32 Å². The van der Waals surface area contributed by atoms with Gasteiger partial charge < -0.3 is 20.4 Å². The molecule has 0 saturated carbocycles. The molecule has 0 aliphatic carbocycles. The lowest BCUT2D eigenvalue weighted by atomic mass is 10.3. The van der Waals surface area contributed by atoms with Crippen molar-refractivity contribution in [2.24, 2.45) is 0 Å². The van der Waals surface area contributed by atoms with Crippen LogP contribution in [0.5, 0.6) is 0 Å². The summed E-state index contributed by atoms with van der Waals surface area (Å²) in [5.41, 5.74) is 0.778. The molecule has 0 aliphatic heterocycles. The zero-order chi connectivity index (χ0) is 12.8. The van der Waals surface area contributed by atoms with Crippen molar-refractivity contribution in [1.82, 2.24) is 15.0 Å². The summed E-state index contributed by atoms with van der Waals surface area (Å²) in [5.74, 6) is 0.815. The third-order valence-corrected chi connectivity index (χ3v) is 2.41. The normalized spacial score (nSPS) is 10.2. The molecule has 0 aliphatic rings. The van der Waals surface area contributed by atoms with Gasteiger partial charge in [0.25, 0.3) is 0 Å². The van der Waals surface area contributed by atoms with Crippen LogP contribution >= 0.6 is 0 Å². The second-order valence-electron chi connectivity index (χ2n) is 3.73. The van der Waals surface area contributed by atoms with E-state index in [0.29, 0.717) is 0 Å². The number of nitro groups is 1. The molecule has 2 N–H and O–H groups in total. The molecule has 2 aromatic heterocycles. The first-order chi connectivity index (χ1) is 8.75. The van der Waals surface area contributed by atoms with E-state index in [9.17, 15) is 10.1 Å². The summed E-state index contributed by atoms with van der Waals surface area (Å²) in [6.07, 6.45) is 6.77. The van der Waals surface area contributed by atoms with Crippen LogP contribution in [0.25, 0.3) is 0 Å².